The molecule has 0 spiro atoms. The zero-order chi connectivity index (χ0) is 24.0. The van der Waals surface area contributed by atoms with Gasteiger partial charge in [-0.1, -0.05) is 36.4 Å². The standard InChI is InChI=1S/C27H29N7O/c1-35-23-12-10-22(11-13-23)32-15-17-33(18-16-32)26-25(28)27(31-20-30-26)34(24-9-5-6-14-29-24)19-21-7-3-2-4-8-21/h2-14,20H,15-19,28H2,1H3. The number of nitrogens with zero attached hydrogens (tertiary/aromatic N) is 6. The molecule has 0 radical (unpaired) electrons. The van der Waals surface area contributed by atoms with Gasteiger partial charge in [-0.3, -0.25) is 0 Å². The van der Waals surface area contributed by atoms with Gasteiger partial charge in [0.2, 0.25) is 0 Å². The van der Waals surface area contributed by atoms with Gasteiger partial charge in [0.05, 0.1) is 13.7 Å². The molecular formula is C27H29N7O. The number of nitrogens with two attached hydrogens (primary N) is 1. The lowest BCUT2D eigenvalue weighted by Crippen LogP contribution is -2.47. The van der Waals surface area contributed by atoms with Crippen LogP contribution in [0.3, 0.4) is 0 Å². The van der Waals surface area contributed by atoms with Crippen molar-refractivity contribution >= 4 is 28.8 Å². The monoisotopic (exact) mass is 467 g/mol. The third-order valence-electron chi connectivity index (χ3n) is 6.22. The molecule has 0 amide bonds. The molecule has 2 aromatic heterocycles. The summed E-state index contributed by atoms with van der Waals surface area (Å²) in [6.07, 6.45) is 3.38. The summed E-state index contributed by atoms with van der Waals surface area (Å²) in [5.41, 5.74) is 9.61. The first-order chi connectivity index (χ1) is 17.2. The molecule has 5 rings (SSSR count). The van der Waals surface area contributed by atoms with E-state index in [1.807, 2.05) is 53.4 Å². The molecule has 2 aromatic carbocycles. The fourth-order valence-electron chi connectivity index (χ4n) is 4.36. The zero-order valence-corrected chi connectivity index (χ0v) is 19.8. The van der Waals surface area contributed by atoms with Gasteiger partial charge in [-0.05, 0) is 42.0 Å². The summed E-state index contributed by atoms with van der Waals surface area (Å²) >= 11 is 0. The van der Waals surface area contributed by atoms with Crippen LogP contribution in [0.4, 0.5) is 28.8 Å². The highest BCUT2D eigenvalue weighted by Gasteiger charge is 2.24. The molecule has 0 saturated carbocycles. The van der Waals surface area contributed by atoms with Crippen molar-refractivity contribution in [2.24, 2.45) is 0 Å². The van der Waals surface area contributed by atoms with E-state index >= 15 is 0 Å². The SMILES string of the molecule is COc1ccc(N2CCN(c3ncnc(N(Cc4ccccc4)c4ccccn4)c3N)CC2)cc1. The first-order valence-corrected chi connectivity index (χ1v) is 11.7. The van der Waals surface area contributed by atoms with Crippen LogP contribution in [0.15, 0.2) is 85.3 Å². The normalized spacial score (nSPS) is 13.5. The van der Waals surface area contributed by atoms with Gasteiger partial charge >= 0.3 is 0 Å². The van der Waals surface area contributed by atoms with E-state index in [0.29, 0.717) is 18.1 Å². The minimum Gasteiger partial charge on any atom is -0.497 e. The van der Waals surface area contributed by atoms with Gasteiger partial charge in [-0.25, -0.2) is 15.0 Å². The highest BCUT2D eigenvalue weighted by Crippen LogP contribution is 2.34. The number of benzene rings is 2. The quantitative estimate of drug-likeness (QED) is 0.434. The molecule has 178 valence electrons. The average molecular weight is 468 g/mol. The maximum Gasteiger partial charge on any atom is 0.163 e. The van der Waals surface area contributed by atoms with Crippen molar-refractivity contribution < 1.29 is 4.74 Å². The first-order valence-electron chi connectivity index (χ1n) is 11.7. The second kappa shape index (κ2) is 10.3. The van der Waals surface area contributed by atoms with Crippen molar-refractivity contribution in [2.75, 3.05) is 53.7 Å². The van der Waals surface area contributed by atoms with Crippen molar-refractivity contribution in [3.05, 3.63) is 90.9 Å². The Hall–Kier alpha value is -4.33. The molecule has 8 heteroatoms. The van der Waals surface area contributed by atoms with E-state index in [1.54, 1.807) is 19.6 Å². The maximum atomic E-state index is 6.72. The third-order valence-corrected chi connectivity index (χ3v) is 6.22. The van der Waals surface area contributed by atoms with Gasteiger partial charge < -0.3 is 25.2 Å². The van der Waals surface area contributed by atoms with Crippen LogP contribution in [0.2, 0.25) is 0 Å². The maximum absolute atomic E-state index is 6.72. The van der Waals surface area contributed by atoms with Crippen molar-refractivity contribution in [1.29, 1.82) is 0 Å². The molecule has 8 nitrogen and oxygen atoms in total. The molecule has 1 aliphatic rings. The minimum atomic E-state index is 0.562. The number of piperazine rings is 1. The Labute approximate surface area is 205 Å². The second-order valence-corrected chi connectivity index (χ2v) is 8.37. The van der Waals surface area contributed by atoms with Crippen LogP contribution in [0.1, 0.15) is 5.56 Å². The van der Waals surface area contributed by atoms with Crippen LogP contribution in [0.5, 0.6) is 5.75 Å². The van der Waals surface area contributed by atoms with Gasteiger partial charge in [-0.15, -0.1) is 0 Å². The lowest BCUT2D eigenvalue weighted by atomic mass is 10.2. The van der Waals surface area contributed by atoms with E-state index in [1.165, 1.54) is 5.69 Å². The van der Waals surface area contributed by atoms with Gasteiger partial charge in [0.25, 0.3) is 0 Å². The zero-order valence-electron chi connectivity index (χ0n) is 19.8. The molecule has 35 heavy (non-hydrogen) atoms. The van der Waals surface area contributed by atoms with Crippen LogP contribution in [0.25, 0.3) is 0 Å². The summed E-state index contributed by atoms with van der Waals surface area (Å²) in [5.74, 6) is 3.08. The van der Waals surface area contributed by atoms with E-state index in [-0.39, 0.29) is 0 Å². The van der Waals surface area contributed by atoms with E-state index in [9.17, 15) is 0 Å². The van der Waals surface area contributed by atoms with Crippen LogP contribution in [-0.4, -0.2) is 48.2 Å². The molecule has 0 atom stereocenters. The van der Waals surface area contributed by atoms with E-state index in [2.05, 4.69) is 49.0 Å². The van der Waals surface area contributed by atoms with Crippen LogP contribution in [-0.2, 0) is 6.54 Å². The molecular weight excluding hydrogens is 438 g/mol. The van der Waals surface area contributed by atoms with Crippen molar-refractivity contribution in [3.63, 3.8) is 0 Å². The lowest BCUT2D eigenvalue weighted by Gasteiger charge is -2.37. The summed E-state index contributed by atoms with van der Waals surface area (Å²) < 4.78 is 5.28. The molecule has 0 unspecified atom stereocenters. The number of rotatable bonds is 7. The molecule has 0 bridgehead atoms. The lowest BCUT2D eigenvalue weighted by molar-refractivity contribution is 0.415. The first kappa shape index (κ1) is 22.5. The summed E-state index contributed by atoms with van der Waals surface area (Å²) in [5, 5.41) is 0. The predicted octanol–water partition coefficient (Wildman–Crippen LogP) is 4.13. The van der Waals surface area contributed by atoms with Crippen LogP contribution < -0.4 is 25.2 Å². The number of ether oxygens (including phenoxy) is 1. The fraction of sp³-hybridized carbons (Fsp3) is 0.222. The van der Waals surface area contributed by atoms with E-state index < -0.39 is 0 Å². The Morgan fingerprint density at radius 1 is 0.829 bits per heavy atom. The highest BCUT2D eigenvalue weighted by atomic mass is 16.5. The van der Waals surface area contributed by atoms with Gasteiger partial charge in [-0.2, -0.15) is 0 Å². The summed E-state index contributed by atoms with van der Waals surface area (Å²) in [6.45, 7) is 3.98. The van der Waals surface area contributed by atoms with E-state index in [4.69, 9.17) is 10.5 Å². The second-order valence-electron chi connectivity index (χ2n) is 8.37. The highest BCUT2D eigenvalue weighted by molar-refractivity contribution is 5.79. The Balaban J connectivity index is 1.38. The number of anilines is 5. The summed E-state index contributed by atoms with van der Waals surface area (Å²) in [6, 6.07) is 24.3. The molecule has 1 saturated heterocycles. The Bertz CT molecular complexity index is 1230. The predicted molar refractivity (Wildman–Crippen MR) is 140 cm³/mol. The number of nitrogen functional groups attached to an aromatic ring is 1. The topological polar surface area (TPSA) is 83.6 Å². The van der Waals surface area contributed by atoms with Crippen LogP contribution >= 0.6 is 0 Å². The Morgan fingerprint density at radius 3 is 2.23 bits per heavy atom. The largest absolute Gasteiger partial charge is 0.497 e. The smallest absolute Gasteiger partial charge is 0.163 e. The summed E-state index contributed by atoms with van der Waals surface area (Å²) in [7, 11) is 1.68. The van der Waals surface area contributed by atoms with Crippen LogP contribution in [0, 0.1) is 0 Å². The van der Waals surface area contributed by atoms with Gasteiger partial charge in [0, 0.05) is 38.1 Å². The van der Waals surface area contributed by atoms with Crippen molar-refractivity contribution in [3.8, 4) is 5.75 Å². The summed E-state index contributed by atoms with van der Waals surface area (Å²) in [4.78, 5) is 20.4. The van der Waals surface area contributed by atoms with Gasteiger partial charge in [0.1, 0.15) is 23.6 Å². The fourth-order valence-corrected chi connectivity index (χ4v) is 4.36. The molecule has 3 heterocycles. The third kappa shape index (κ3) is 4.96. The number of aromatic nitrogens is 3. The molecule has 2 N–H and O–H groups in total. The van der Waals surface area contributed by atoms with Crippen molar-refractivity contribution in [2.45, 2.75) is 6.54 Å². The van der Waals surface area contributed by atoms with Crippen molar-refractivity contribution in [1.82, 2.24) is 15.0 Å². The molecule has 1 aliphatic heterocycles. The average Bonchev–Trinajstić information content (AvgIpc) is 2.93. The molecule has 4 aromatic rings. The number of pyridine rings is 1. The number of hydrogen-bond donors (Lipinski definition) is 1. The molecule has 1 fully saturated rings. The van der Waals surface area contributed by atoms with Gasteiger partial charge in [0.15, 0.2) is 11.6 Å². The minimum absolute atomic E-state index is 0.562. The Morgan fingerprint density at radius 2 is 1.54 bits per heavy atom. The number of hydrogen-bond acceptors (Lipinski definition) is 8. The molecule has 0 aliphatic carbocycles. The number of methoxy groups -OCH3 is 1. The Kier molecular flexibility index (Phi) is 6.61. The van der Waals surface area contributed by atoms with E-state index in [0.717, 1.165) is 49.1 Å².